The van der Waals surface area contributed by atoms with Crippen molar-refractivity contribution in [3.8, 4) is 0 Å². The van der Waals surface area contributed by atoms with Gasteiger partial charge >= 0.3 is 0 Å². The number of carbonyl (C=O) groups excluding carboxylic acids is 2. The molecule has 25 heavy (non-hydrogen) atoms. The number of hydrogen-bond acceptors (Lipinski definition) is 5. The van der Waals surface area contributed by atoms with Crippen LogP contribution in [0.25, 0.3) is 10.9 Å². The van der Waals surface area contributed by atoms with Crippen LogP contribution in [0.5, 0.6) is 0 Å². The molecule has 0 saturated carbocycles. The molecule has 2 heterocycles. The van der Waals surface area contributed by atoms with Crippen LogP contribution in [-0.2, 0) is 11.4 Å². The lowest BCUT2D eigenvalue weighted by Gasteiger charge is -2.21. The van der Waals surface area contributed by atoms with E-state index in [0.29, 0.717) is 21.8 Å². The average molecular weight is 361 g/mol. The van der Waals surface area contributed by atoms with Gasteiger partial charge in [-0.25, -0.2) is 0 Å². The number of aldehydes is 1. The van der Waals surface area contributed by atoms with Crippen molar-refractivity contribution in [1.82, 2.24) is 4.98 Å². The van der Waals surface area contributed by atoms with Crippen LogP contribution in [0.3, 0.4) is 0 Å². The molecule has 130 valence electrons. The second-order valence-corrected chi connectivity index (χ2v) is 6.73. The fraction of sp³-hybridized carbons (Fsp3) is 0.222. The van der Waals surface area contributed by atoms with Gasteiger partial charge in [0.2, 0.25) is 5.78 Å². The summed E-state index contributed by atoms with van der Waals surface area (Å²) in [5.74, 6) is -0.377. The number of aromatic nitrogens is 1. The van der Waals surface area contributed by atoms with E-state index in [9.17, 15) is 14.7 Å². The molecule has 0 aliphatic rings. The molecule has 1 aromatic carbocycles. The predicted molar refractivity (Wildman–Crippen MR) is 95.1 cm³/mol. The Kier molecular flexibility index (Phi) is 4.41. The Morgan fingerprint density at radius 1 is 1.40 bits per heavy atom. The highest BCUT2D eigenvalue weighted by molar-refractivity contribution is 6.31. The number of aliphatic hydroxyl groups is 1. The van der Waals surface area contributed by atoms with E-state index in [0.717, 1.165) is 11.7 Å². The van der Waals surface area contributed by atoms with Crippen molar-refractivity contribution < 1.29 is 19.1 Å². The van der Waals surface area contributed by atoms with Crippen LogP contribution in [0.1, 0.15) is 35.7 Å². The van der Waals surface area contributed by atoms with Crippen molar-refractivity contribution in [2.45, 2.75) is 26.0 Å². The third-order valence-corrected chi connectivity index (χ3v) is 4.09. The number of fused-ring (bicyclic) bond motifs is 1. The summed E-state index contributed by atoms with van der Waals surface area (Å²) in [4.78, 5) is 27.3. The highest BCUT2D eigenvalue weighted by atomic mass is 35.5. The molecule has 0 unspecified atom stereocenters. The van der Waals surface area contributed by atoms with Crippen molar-refractivity contribution in [2.24, 2.45) is 0 Å². The van der Waals surface area contributed by atoms with Crippen molar-refractivity contribution in [2.75, 3.05) is 5.32 Å². The number of rotatable bonds is 6. The maximum Gasteiger partial charge on any atom is 0.246 e. The Labute approximate surface area is 148 Å². The highest BCUT2D eigenvalue weighted by Crippen LogP contribution is 2.33. The van der Waals surface area contributed by atoms with Crippen LogP contribution in [0.4, 0.5) is 5.69 Å². The molecule has 0 spiro atoms. The first-order valence-corrected chi connectivity index (χ1v) is 8.02. The number of H-pyrrole nitrogens is 1. The third-order valence-electron chi connectivity index (χ3n) is 3.85. The van der Waals surface area contributed by atoms with Crippen molar-refractivity contribution >= 4 is 40.3 Å². The minimum Gasteiger partial charge on any atom is -0.460 e. The first kappa shape index (κ1) is 17.3. The van der Waals surface area contributed by atoms with Gasteiger partial charge in [0.15, 0.2) is 5.76 Å². The molecule has 0 aliphatic carbocycles. The first-order valence-electron chi connectivity index (χ1n) is 7.64. The van der Waals surface area contributed by atoms with E-state index in [-0.39, 0.29) is 18.1 Å². The lowest BCUT2D eigenvalue weighted by atomic mass is 10.0. The Morgan fingerprint density at radius 3 is 2.84 bits per heavy atom. The van der Waals surface area contributed by atoms with Gasteiger partial charge in [-0.2, -0.15) is 0 Å². The Bertz CT molecular complexity index is 955. The van der Waals surface area contributed by atoms with Crippen LogP contribution in [-0.4, -0.2) is 27.7 Å². The second kappa shape index (κ2) is 6.38. The monoisotopic (exact) mass is 360 g/mol. The summed E-state index contributed by atoms with van der Waals surface area (Å²) in [7, 11) is 0. The number of halogens is 1. The Morgan fingerprint density at radius 2 is 2.16 bits per heavy atom. The van der Waals surface area contributed by atoms with E-state index in [4.69, 9.17) is 16.0 Å². The molecule has 0 amide bonds. The summed E-state index contributed by atoms with van der Waals surface area (Å²) in [6, 6.07) is 6.71. The zero-order chi connectivity index (χ0) is 18.2. The van der Waals surface area contributed by atoms with Crippen LogP contribution in [0, 0.1) is 0 Å². The number of aliphatic hydroxyl groups excluding tert-OH is 1. The standard InChI is InChI=1S/C18H17ClN2O4/c1-18(2,9-23)21-14-12-4-3-11(19)7-13(12)20-15(14)16(24)17-10(8-22)5-6-25-17/h3-7,9,20-22H,8H2,1-2H3. The highest BCUT2D eigenvalue weighted by Gasteiger charge is 2.27. The molecular weight excluding hydrogens is 344 g/mol. The first-order chi connectivity index (χ1) is 11.9. The minimum atomic E-state index is -0.882. The number of ketones is 1. The number of benzene rings is 1. The van der Waals surface area contributed by atoms with E-state index in [1.54, 1.807) is 32.0 Å². The molecule has 7 heteroatoms. The minimum absolute atomic E-state index is 0.0483. The number of nitrogens with one attached hydrogen (secondary N) is 2. The van der Waals surface area contributed by atoms with E-state index in [2.05, 4.69) is 10.3 Å². The van der Waals surface area contributed by atoms with Gasteiger partial charge in [-0.1, -0.05) is 11.6 Å². The number of furan rings is 1. The fourth-order valence-electron chi connectivity index (χ4n) is 2.59. The number of aromatic amines is 1. The lowest BCUT2D eigenvalue weighted by Crippen LogP contribution is -2.33. The number of hydrogen-bond donors (Lipinski definition) is 3. The number of carbonyl (C=O) groups is 2. The van der Waals surface area contributed by atoms with Gasteiger partial charge in [0.05, 0.1) is 24.1 Å². The van der Waals surface area contributed by atoms with Gasteiger partial charge < -0.3 is 24.6 Å². The maximum atomic E-state index is 12.9. The number of anilines is 1. The van der Waals surface area contributed by atoms with Crippen LogP contribution >= 0.6 is 11.6 Å². The van der Waals surface area contributed by atoms with Crippen LogP contribution in [0.2, 0.25) is 5.02 Å². The summed E-state index contributed by atoms with van der Waals surface area (Å²) < 4.78 is 5.25. The van der Waals surface area contributed by atoms with Crippen LogP contribution < -0.4 is 5.32 Å². The molecule has 0 aliphatic heterocycles. The zero-order valence-corrected chi connectivity index (χ0v) is 14.5. The van der Waals surface area contributed by atoms with Crippen LogP contribution in [0.15, 0.2) is 34.9 Å². The molecule has 6 nitrogen and oxygen atoms in total. The summed E-state index contributed by atoms with van der Waals surface area (Å²) in [5.41, 5.74) is 0.873. The fourth-order valence-corrected chi connectivity index (χ4v) is 2.77. The van der Waals surface area contributed by atoms with Gasteiger partial charge in [0, 0.05) is 21.5 Å². The molecular formula is C18H17ClN2O4. The van der Waals surface area contributed by atoms with Crippen molar-refractivity contribution in [3.05, 3.63) is 52.6 Å². The molecule has 3 rings (SSSR count). The summed E-state index contributed by atoms with van der Waals surface area (Å²) in [6.07, 6.45) is 2.11. The van der Waals surface area contributed by atoms with Gasteiger partial charge in [0.25, 0.3) is 0 Å². The molecule has 0 fully saturated rings. The largest absolute Gasteiger partial charge is 0.460 e. The molecule has 0 bridgehead atoms. The third kappa shape index (κ3) is 3.18. The van der Waals surface area contributed by atoms with Crippen molar-refractivity contribution in [1.29, 1.82) is 0 Å². The van der Waals surface area contributed by atoms with E-state index in [1.165, 1.54) is 12.3 Å². The maximum absolute atomic E-state index is 12.9. The summed E-state index contributed by atoms with van der Waals surface area (Å²) in [5, 5.41) is 13.7. The zero-order valence-electron chi connectivity index (χ0n) is 13.7. The van der Waals surface area contributed by atoms with Gasteiger partial charge in [-0.05, 0) is 38.1 Å². The molecule has 3 N–H and O–H groups in total. The van der Waals surface area contributed by atoms with E-state index < -0.39 is 11.3 Å². The average Bonchev–Trinajstić information content (AvgIpc) is 3.18. The molecule has 2 aromatic heterocycles. The molecule has 0 radical (unpaired) electrons. The Hall–Kier alpha value is -2.57. The smallest absolute Gasteiger partial charge is 0.246 e. The van der Waals surface area contributed by atoms with E-state index in [1.807, 2.05) is 0 Å². The molecule has 0 saturated heterocycles. The lowest BCUT2D eigenvalue weighted by molar-refractivity contribution is -0.110. The second-order valence-electron chi connectivity index (χ2n) is 6.29. The van der Waals surface area contributed by atoms with E-state index >= 15 is 0 Å². The molecule has 3 aromatic rings. The topological polar surface area (TPSA) is 95.3 Å². The Balaban J connectivity index is 2.19. The van der Waals surface area contributed by atoms with Gasteiger partial charge in [0.1, 0.15) is 12.0 Å². The van der Waals surface area contributed by atoms with Gasteiger partial charge in [-0.3, -0.25) is 4.79 Å². The summed E-state index contributed by atoms with van der Waals surface area (Å²) in [6.45, 7) is 3.09. The van der Waals surface area contributed by atoms with Crippen molar-refractivity contribution in [3.63, 3.8) is 0 Å². The normalized spacial score (nSPS) is 11.7. The quantitative estimate of drug-likeness (QED) is 0.461. The molecule has 0 atom stereocenters. The summed E-state index contributed by atoms with van der Waals surface area (Å²) >= 11 is 6.03. The SMILES string of the molecule is CC(C)(C=O)Nc1c(C(=O)c2occc2CO)[nH]c2cc(Cl)ccc12. The van der Waals surface area contributed by atoms with Gasteiger partial charge in [-0.15, -0.1) is 0 Å². The predicted octanol–water partition coefficient (Wildman–Crippen LogP) is 3.53.